The van der Waals surface area contributed by atoms with Gasteiger partial charge >= 0.3 is 5.56 Å². The first kappa shape index (κ1) is 13.3. The number of carbonyl (C=O) groups is 1. The number of aromatic amines is 1. The number of hydrogen-bond acceptors (Lipinski definition) is 3. The van der Waals surface area contributed by atoms with Gasteiger partial charge < -0.3 is 10.0 Å². The van der Waals surface area contributed by atoms with E-state index in [0.717, 1.165) is 0 Å². The molecule has 6 nitrogen and oxygen atoms in total. The lowest BCUT2D eigenvalue weighted by Gasteiger charge is -2.30. The van der Waals surface area contributed by atoms with Crippen molar-refractivity contribution < 1.29 is 9.90 Å². The van der Waals surface area contributed by atoms with Crippen LogP contribution in [0.4, 0.5) is 0 Å². The Morgan fingerprint density at radius 3 is 2.35 bits per heavy atom. The highest BCUT2D eigenvalue weighted by molar-refractivity contribution is 5.95. The third kappa shape index (κ3) is 2.20. The molecule has 0 fully saturated rings. The van der Waals surface area contributed by atoms with Crippen molar-refractivity contribution in [2.24, 2.45) is 0 Å². The third-order valence-electron chi connectivity index (χ3n) is 2.60. The van der Waals surface area contributed by atoms with Crippen molar-refractivity contribution >= 4 is 5.91 Å². The van der Waals surface area contributed by atoms with Gasteiger partial charge in [-0.05, 0) is 13.8 Å². The Bertz CT molecular complexity index is 459. The Labute approximate surface area is 99.8 Å². The summed E-state index contributed by atoms with van der Waals surface area (Å²) >= 11 is 0. The predicted molar refractivity (Wildman–Crippen MR) is 64.2 cm³/mol. The van der Waals surface area contributed by atoms with E-state index in [1.165, 1.54) is 4.68 Å². The number of rotatable bonds is 1. The monoisotopic (exact) mass is 241 g/mol. The number of nitrogens with one attached hydrogen (secondary N) is 1. The zero-order valence-corrected chi connectivity index (χ0v) is 10.6. The third-order valence-corrected chi connectivity index (χ3v) is 2.60. The molecular weight excluding hydrogens is 222 g/mol. The number of H-pyrrole nitrogens is 1. The summed E-state index contributed by atoms with van der Waals surface area (Å²) < 4.78 is 1.40. The zero-order chi connectivity index (χ0) is 13.2. The number of aromatic hydroxyl groups is 1. The summed E-state index contributed by atoms with van der Waals surface area (Å²) in [4.78, 5) is 24.6. The fourth-order valence-electron chi connectivity index (χ4n) is 1.79. The maximum atomic E-state index is 11.9. The van der Waals surface area contributed by atoms with Gasteiger partial charge in [-0.25, -0.2) is 0 Å². The quantitative estimate of drug-likeness (QED) is 0.762. The molecule has 0 radical (unpaired) electrons. The molecule has 1 aliphatic rings. The SMILES string of the molecule is CC.CC(C)N1CCn2[nH]c(=O)c(O)c2C1=O. The van der Waals surface area contributed by atoms with E-state index in [-0.39, 0.29) is 17.6 Å². The first-order chi connectivity index (χ1) is 8.02. The Morgan fingerprint density at radius 1 is 1.24 bits per heavy atom. The van der Waals surface area contributed by atoms with Crippen molar-refractivity contribution in [3.05, 3.63) is 16.0 Å². The van der Waals surface area contributed by atoms with Gasteiger partial charge in [-0.1, -0.05) is 13.8 Å². The minimum absolute atomic E-state index is 0.0654. The van der Waals surface area contributed by atoms with Crippen molar-refractivity contribution in [1.82, 2.24) is 14.7 Å². The van der Waals surface area contributed by atoms with Crippen LogP contribution in [0.1, 0.15) is 38.2 Å². The van der Waals surface area contributed by atoms with E-state index < -0.39 is 11.3 Å². The van der Waals surface area contributed by atoms with E-state index in [1.807, 2.05) is 27.7 Å². The normalized spacial score (nSPS) is 14.4. The lowest BCUT2D eigenvalue weighted by atomic mass is 10.2. The first-order valence-corrected chi connectivity index (χ1v) is 5.85. The Hall–Kier alpha value is -1.72. The molecule has 0 saturated heterocycles. The fraction of sp³-hybridized carbons (Fsp3) is 0.636. The van der Waals surface area contributed by atoms with Crippen molar-refractivity contribution in [2.45, 2.75) is 40.3 Å². The van der Waals surface area contributed by atoms with Crippen LogP contribution in [-0.4, -0.2) is 38.3 Å². The molecule has 2 rings (SSSR count). The van der Waals surface area contributed by atoms with E-state index in [2.05, 4.69) is 5.10 Å². The number of amides is 1. The summed E-state index contributed by atoms with van der Waals surface area (Å²) in [5.41, 5.74) is -0.538. The molecule has 0 atom stereocenters. The summed E-state index contributed by atoms with van der Waals surface area (Å²) in [5.74, 6) is -0.780. The highest BCUT2D eigenvalue weighted by Gasteiger charge is 2.31. The van der Waals surface area contributed by atoms with Crippen molar-refractivity contribution in [2.75, 3.05) is 6.54 Å². The smallest absolute Gasteiger partial charge is 0.307 e. The average molecular weight is 241 g/mol. The maximum Gasteiger partial charge on any atom is 0.307 e. The Balaban J connectivity index is 0.000000686. The van der Waals surface area contributed by atoms with Gasteiger partial charge in [0.05, 0.1) is 6.54 Å². The van der Waals surface area contributed by atoms with E-state index >= 15 is 0 Å². The van der Waals surface area contributed by atoms with Crippen LogP contribution in [0.2, 0.25) is 0 Å². The zero-order valence-electron chi connectivity index (χ0n) is 10.6. The number of carbonyl (C=O) groups excluding carboxylic acids is 1. The number of aromatic nitrogens is 2. The molecule has 1 aliphatic heterocycles. The second-order valence-corrected chi connectivity index (χ2v) is 3.88. The molecular formula is C11H19N3O3. The molecule has 0 aliphatic carbocycles. The highest BCUT2D eigenvalue weighted by Crippen LogP contribution is 2.19. The van der Waals surface area contributed by atoms with Crippen LogP contribution < -0.4 is 5.56 Å². The standard InChI is InChI=1S/C9H13N3O3.C2H6/c1-5(2)11-3-4-12-6(9(11)15)7(13)8(14)10-12;1-2/h5,13H,3-4H2,1-2H3,(H,10,14);1-2H3. The topological polar surface area (TPSA) is 78.3 Å². The average Bonchev–Trinajstić information content (AvgIpc) is 2.58. The largest absolute Gasteiger partial charge is 0.501 e. The molecule has 1 amide bonds. The summed E-state index contributed by atoms with van der Waals surface area (Å²) in [6.07, 6.45) is 0. The van der Waals surface area contributed by atoms with Gasteiger partial charge in [-0.2, -0.15) is 0 Å². The molecule has 0 unspecified atom stereocenters. The molecule has 0 aromatic carbocycles. The van der Waals surface area contributed by atoms with Gasteiger partial charge in [0.2, 0.25) is 5.75 Å². The molecule has 2 heterocycles. The first-order valence-electron chi connectivity index (χ1n) is 5.85. The van der Waals surface area contributed by atoms with E-state index in [4.69, 9.17) is 0 Å². The van der Waals surface area contributed by atoms with Crippen molar-refractivity contribution in [3.8, 4) is 5.75 Å². The Morgan fingerprint density at radius 2 is 1.82 bits per heavy atom. The van der Waals surface area contributed by atoms with Crippen LogP contribution in [0.5, 0.6) is 5.75 Å². The molecule has 0 saturated carbocycles. The number of nitrogens with zero attached hydrogens (tertiary/aromatic N) is 2. The molecule has 2 N–H and O–H groups in total. The lowest BCUT2D eigenvalue weighted by Crippen LogP contribution is -2.44. The fourth-order valence-corrected chi connectivity index (χ4v) is 1.79. The molecule has 0 bridgehead atoms. The van der Waals surface area contributed by atoms with Crippen molar-refractivity contribution in [3.63, 3.8) is 0 Å². The molecule has 6 heteroatoms. The van der Waals surface area contributed by atoms with E-state index in [0.29, 0.717) is 13.1 Å². The van der Waals surface area contributed by atoms with Gasteiger partial charge in [-0.15, -0.1) is 0 Å². The van der Waals surface area contributed by atoms with Crippen LogP contribution in [0.15, 0.2) is 4.79 Å². The maximum absolute atomic E-state index is 11.9. The molecule has 0 spiro atoms. The minimum atomic E-state index is -0.607. The predicted octanol–water partition coefficient (Wildman–Crippen LogP) is 0.772. The molecule has 1 aromatic heterocycles. The summed E-state index contributed by atoms with van der Waals surface area (Å²) in [6.45, 7) is 8.85. The summed E-state index contributed by atoms with van der Waals surface area (Å²) in [7, 11) is 0. The van der Waals surface area contributed by atoms with Crippen LogP contribution in [0, 0.1) is 0 Å². The van der Waals surface area contributed by atoms with E-state index in [9.17, 15) is 14.7 Å². The van der Waals surface area contributed by atoms with Crippen molar-refractivity contribution in [1.29, 1.82) is 0 Å². The van der Waals surface area contributed by atoms with Gasteiger partial charge in [0.25, 0.3) is 5.91 Å². The van der Waals surface area contributed by atoms with Crippen LogP contribution >= 0.6 is 0 Å². The number of fused-ring (bicyclic) bond motifs is 1. The van der Waals surface area contributed by atoms with Crippen LogP contribution in [0.3, 0.4) is 0 Å². The molecule has 1 aromatic rings. The molecule has 96 valence electrons. The van der Waals surface area contributed by atoms with E-state index in [1.54, 1.807) is 4.90 Å². The highest BCUT2D eigenvalue weighted by atomic mass is 16.3. The van der Waals surface area contributed by atoms with Crippen LogP contribution in [0.25, 0.3) is 0 Å². The lowest BCUT2D eigenvalue weighted by molar-refractivity contribution is 0.0637. The number of hydrogen-bond donors (Lipinski definition) is 2. The van der Waals surface area contributed by atoms with Gasteiger partial charge in [0.1, 0.15) is 0 Å². The second kappa shape index (κ2) is 5.07. The summed E-state index contributed by atoms with van der Waals surface area (Å²) in [5, 5.41) is 11.9. The summed E-state index contributed by atoms with van der Waals surface area (Å²) in [6, 6.07) is 0.0654. The minimum Gasteiger partial charge on any atom is -0.501 e. The van der Waals surface area contributed by atoms with Gasteiger partial charge in [0.15, 0.2) is 5.69 Å². The molecule has 17 heavy (non-hydrogen) atoms. The Kier molecular flexibility index (Phi) is 3.98. The van der Waals surface area contributed by atoms with Gasteiger partial charge in [-0.3, -0.25) is 19.4 Å². The second-order valence-electron chi connectivity index (χ2n) is 3.88. The van der Waals surface area contributed by atoms with Crippen LogP contribution in [-0.2, 0) is 6.54 Å². The van der Waals surface area contributed by atoms with Gasteiger partial charge in [0, 0.05) is 12.6 Å².